The molecule has 0 radical (unpaired) electrons. The Labute approximate surface area is 171 Å². The highest BCUT2D eigenvalue weighted by atomic mass is 35.5. The molecule has 0 fully saturated rings. The van der Waals surface area contributed by atoms with Gasteiger partial charge in [0, 0.05) is 6.54 Å². The Hall–Kier alpha value is -2.09. The lowest BCUT2D eigenvalue weighted by Gasteiger charge is -2.23. The van der Waals surface area contributed by atoms with Crippen LogP contribution in [0.1, 0.15) is 27.2 Å². The van der Waals surface area contributed by atoms with Crippen molar-refractivity contribution in [1.82, 2.24) is 0 Å². The Morgan fingerprint density at radius 1 is 1.18 bits per heavy atom. The van der Waals surface area contributed by atoms with Gasteiger partial charge in [-0.1, -0.05) is 36.7 Å². The summed E-state index contributed by atoms with van der Waals surface area (Å²) in [5.74, 6) is -0.229. The van der Waals surface area contributed by atoms with E-state index < -0.39 is 10.0 Å². The highest BCUT2D eigenvalue weighted by Crippen LogP contribution is 2.29. The smallest absolute Gasteiger partial charge is 0.279 e. The average Bonchev–Trinajstić information content (AvgIpc) is 2.68. The van der Waals surface area contributed by atoms with Crippen LogP contribution in [-0.4, -0.2) is 33.5 Å². The quantitative estimate of drug-likeness (QED) is 0.649. The van der Waals surface area contributed by atoms with Crippen molar-refractivity contribution in [2.45, 2.75) is 38.1 Å². The highest BCUT2D eigenvalue weighted by Gasteiger charge is 2.24. The van der Waals surface area contributed by atoms with Crippen LogP contribution < -0.4 is 14.9 Å². The third-order valence-corrected chi connectivity index (χ3v) is 6.71. The van der Waals surface area contributed by atoms with Crippen molar-refractivity contribution in [2.24, 2.45) is 0 Å². The summed E-state index contributed by atoms with van der Waals surface area (Å²) < 4.78 is 27.6. The van der Waals surface area contributed by atoms with Gasteiger partial charge < -0.3 is 10.6 Å². The van der Waals surface area contributed by atoms with Gasteiger partial charge in [0.25, 0.3) is 15.9 Å². The molecule has 8 heteroatoms. The van der Waals surface area contributed by atoms with E-state index in [1.165, 1.54) is 22.5 Å². The number of quaternary nitrogens is 1. The van der Waals surface area contributed by atoms with Crippen molar-refractivity contribution in [1.29, 1.82) is 0 Å². The molecule has 0 spiro atoms. The van der Waals surface area contributed by atoms with Crippen LogP contribution in [0.15, 0.2) is 53.4 Å². The lowest BCUT2D eigenvalue weighted by molar-refractivity contribution is -0.675. The molecule has 152 valence electrons. The van der Waals surface area contributed by atoms with Crippen LogP contribution in [0.2, 0.25) is 5.02 Å². The van der Waals surface area contributed by atoms with Gasteiger partial charge in [0.2, 0.25) is 0 Å². The molecule has 1 amide bonds. The summed E-state index contributed by atoms with van der Waals surface area (Å²) in [7, 11) is -3.79. The average molecular weight is 425 g/mol. The number of nitrogens with zero attached hydrogens (tertiary/aromatic N) is 1. The molecule has 0 aliphatic carbocycles. The number of benzene rings is 2. The molecular formula is C20H27ClN3O3S+. The summed E-state index contributed by atoms with van der Waals surface area (Å²) in [4.78, 5) is 12.3. The minimum absolute atomic E-state index is 0.0730. The molecule has 2 aromatic carbocycles. The van der Waals surface area contributed by atoms with E-state index in [9.17, 15) is 13.2 Å². The lowest BCUT2D eigenvalue weighted by Crippen LogP contribution is -2.90. The zero-order valence-electron chi connectivity index (χ0n) is 16.4. The summed E-state index contributed by atoms with van der Waals surface area (Å²) in [6.45, 7) is 6.38. The summed E-state index contributed by atoms with van der Waals surface area (Å²) in [5.41, 5.74) is 0.864. The van der Waals surface area contributed by atoms with Gasteiger partial charge in [-0.2, -0.15) is 0 Å². The van der Waals surface area contributed by atoms with E-state index in [1.807, 2.05) is 18.3 Å². The van der Waals surface area contributed by atoms with Crippen molar-refractivity contribution in [3.8, 4) is 0 Å². The van der Waals surface area contributed by atoms with Crippen molar-refractivity contribution < 1.29 is 18.5 Å². The minimum atomic E-state index is -3.79. The summed E-state index contributed by atoms with van der Waals surface area (Å²) >= 11 is 6.18. The fourth-order valence-corrected chi connectivity index (χ4v) is 4.31. The SMILES string of the molecule is CC[C@@H](C)[NH2+]CC(=O)Nc1cc(S(=O)(=O)N(CC)c2ccccc2)ccc1Cl. The van der Waals surface area contributed by atoms with Gasteiger partial charge in [0.15, 0.2) is 6.54 Å². The molecule has 0 aliphatic heterocycles. The van der Waals surface area contributed by atoms with Crippen LogP contribution in [0.4, 0.5) is 11.4 Å². The van der Waals surface area contributed by atoms with Crippen LogP contribution >= 0.6 is 11.6 Å². The lowest BCUT2D eigenvalue weighted by atomic mass is 10.2. The monoisotopic (exact) mass is 424 g/mol. The number of anilines is 2. The van der Waals surface area contributed by atoms with E-state index in [-0.39, 0.29) is 29.6 Å². The summed E-state index contributed by atoms with van der Waals surface area (Å²) in [6.07, 6.45) is 0.952. The first-order chi connectivity index (χ1) is 13.3. The van der Waals surface area contributed by atoms with Gasteiger partial charge in [-0.25, -0.2) is 8.42 Å². The Morgan fingerprint density at radius 2 is 1.86 bits per heavy atom. The molecule has 0 heterocycles. The Morgan fingerprint density at radius 3 is 2.46 bits per heavy atom. The molecule has 0 unspecified atom stereocenters. The topological polar surface area (TPSA) is 83.1 Å². The van der Waals surface area contributed by atoms with Crippen LogP contribution in [-0.2, 0) is 14.8 Å². The molecule has 0 bridgehead atoms. The summed E-state index contributed by atoms with van der Waals surface area (Å²) in [6, 6.07) is 13.6. The number of nitrogens with one attached hydrogen (secondary N) is 1. The standard InChI is InChI=1S/C20H26ClN3O3S/c1-4-15(3)22-14-20(25)23-19-13-17(11-12-18(19)21)28(26,27)24(5-2)16-9-7-6-8-10-16/h6-13,15,22H,4-5,14H2,1-3H3,(H,23,25)/p+1/t15-/m1/s1. The fraction of sp³-hybridized carbons (Fsp3) is 0.350. The number of para-hydroxylation sites is 1. The number of nitrogens with two attached hydrogens (primary N) is 1. The van der Waals surface area contributed by atoms with Crippen molar-refractivity contribution in [2.75, 3.05) is 22.7 Å². The number of carbonyl (C=O) groups excluding carboxylic acids is 1. The fourth-order valence-electron chi connectivity index (χ4n) is 2.65. The third kappa shape index (κ3) is 5.47. The number of sulfonamides is 1. The largest absolute Gasteiger partial charge is 0.336 e. The zero-order valence-corrected chi connectivity index (χ0v) is 17.9. The molecular weight excluding hydrogens is 398 g/mol. The minimum Gasteiger partial charge on any atom is -0.336 e. The second-order valence-electron chi connectivity index (χ2n) is 6.52. The van der Waals surface area contributed by atoms with Crippen LogP contribution in [0.5, 0.6) is 0 Å². The van der Waals surface area contributed by atoms with Gasteiger partial charge in [-0.05, 0) is 50.6 Å². The van der Waals surface area contributed by atoms with Crippen LogP contribution in [0.25, 0.3) is 0 Å². The molecule has 1 atom stereocenters. The summed E-state index contributed by atoms with van der Waals surface area (Å²) in [5, 5.41) is 4.93. The second kappa shape index (κ2) is 9.91. The Bertz CT molecular complexity index is 904. The Balaban J connectivity index is 2.26. The van der Waals surface area contributed by atoms with Crippen LogP contribution in [0, 0.1) is 0 Å². The zero-order chi connectivity index (χ0) is 20.7. The number of amides is 1. The van der Waals surface area contributed by atoms with E-state index in [0.717, 1.165) is 6.42 Å². The van der Waals surface area contributed by atoms with Crippen molar-refractivity contribution in [3.05, 3.63) is 53.6 Å². The molecule has 2 rings (SSSR count). The molecule has 6 nitrogen and oxygen atoms in total. The molecule has 0 aliphatic rings. The number of halogens is 1. The first kappa shape index (κ1) is 22.2. The Kier molecular flexibility index (Phi) is 7.86. The van der Waals surface area contributed by atoms with Gasteiger partial charge >= 0.3 is 0 Å². The van der Waals surface area contributed by atoms with Gasteiger partial charge in [-0.3, -0.25) is 9.10 Å². The number of hydrogen-bond acceptors (Lipinski definition) is 3. The normalized spacial score (nSPS) is 12.4. The predicted octanol–water partition coefficient (Wildman–Crippen LogP) is 2.86. The third-order valence-electron chi connectivity index (χ3n) is 4.48. The van der Waals surface area contributed by atoms with E-state index in [1.54, 1.807) is 31.2 Å². The number of hydrogen-bond donors (Lipinski definition) is 2. The molecule has 2 aromatic rings. The second-order valence-corrected chi connectivity index (χ2v) is 8.79. The maximum atomic E-state index is 13.1. The van der Waals surface area contributed by atoms with E-state index in [0.29, 0.717) is 16.8 Å². The van der Waals surface area contributed by atoms with Gasteiger partial charge in [0.1, 0.15) is 0 Å². The molecule has 28 heavy (non-hydrogen) atoms. The van der Waals surface area contributed by atoms with Crippen LogP contribution in [0.3, 0.4) is 0 Å². The molecule has 3 N–H and O–H groups in total. The molecule has 0 aromatic heterocycles. The van der Waals surface area contributed by atoms with E-state index in [4.69, 9.17) is 11.6 Å². The first-order valence-electron chi connectivity index (χ1n) is 9.30. The molecule has 0 saturated carbocycles. The highest BCUT2D eigenvalue weighted by molar-refractivity contribution is 7.92. The molecule has 0 saturated heterocycles. The van der Waals surface area contributed by atoms with Gasteiger partial charge in [-0.15, -0.1) is 0 Å². The number of carbonyl (C=O) groups is 1. The maximum Gasteiger partial charge on any atom is 0.279 e. The van der Waals surface area contributed by atoms with Crippen molar-refractivity contribution >= 4 is 38.9 Å². The predicted molar refractivity (Wildman–Crippen MR) is 113 cm³/mol. The van der Waals surface area contributed by atoms with E-state index >= 15 is 0 Å². The first-order valence-corrected chi connectivity index (χ1v) is 11.1. The van der Waals surface area contributed by atoms with Crippen molar-refractivity contribution in [3.63, 3.8) is 0 Å². The van der Waals surface area contributed by atoms with Gasteiger partial charge in [0.05, 0.1) is 27.3 Å². The number of rotatable bonds is 9. The van der Waals surface area contributed by atoms with E-state index in [2.05, 4.69) is 12.2 Å². The maximum absolute atomic E-state index is 13.1.